The first-order valence-corrected chi connectivity index (χ1v) is 8.04. The molecule has 0 unspecified atom stereocenters. The molecule has 0 aromatic heterocycles. The number of halogens is 2. The smallest absolute Gasteiger partial charge is 0.191 e. The zero-order valence-corrected chi connectivity index (χ0v) is 17.1. The fourth-order valence-electron chi connectivity index (χ4n) is 2.35. The molecular formula is C19H25FIN3O. The third-order valence-corrected chi connectivity index (χ3v) is 3.62. The lowest BCUT2D eigenvalue weighted by Gasteiger charge is -2.14. The van der Waals surface area contributed by atoms with Crippen molar-refractivity contribution in [3.05, 3.63) is 65.0 Å². The molecular weight excluding hydrogens is 432 g/mol. The first-order chi connectivity index (χ1) is 11.6. The second-order valence-corrected chi connectivity index (χ2v) is 5.40. The van der Waals surface area contributed by atoms with Crippen LogP contribution in [-0.2, 0) is 13.1 Å². The van der Waals surface area contributed by atoms with Crippen molar-refractivity contribution in [3.63, 3.8) is 0 Å². The fraction of sp³-hybridized carbons (Fsp3) is 0.316. The Morgan fingerprint density at radius 3 is 2.52 bits per heavy atom. The maximum Gasteiger partial charge on any atom is 0.191 e. The fourth-order valence-corrected chi connectivity index (χ4v) is 2.35. The zero-order valence-electron chi connectivity index (χ0n) is 14.8. The Hall–Kier alpha value is -1.83. The predicted molar refractivity (Wildman–Crippen MR) is 111 cm³/mol. The van der Waals surface area contributed by atoms with Gasteiger partial charge in [0, 0.05) is 25.7 Å². The minimum Gasteiger partial charge on any atom is -0.494 e. The lowest BCUT2D eigenvalue weighted by atomic mass is 10.1. The molecule has 0 saturated carbocycles. The molecule has 4 nitrogen and oxygen atoms in total. The van der Waals surface area contributed by atoms with Crippen LogP contribution in [0.5, 0.6) is 5.75 Å². The second-order valence-electron chi connectivity index (χ2n) is 5.40. The highest BCUT2D eigenvalue weighted by atomic mass is 127. The molecule has 2 rings (SSSR count). The molecule has 0 aliphatic rings. The van der Waals surface area contributed by atoms with E-state index in [4.69, 9.17) is 4.74 Å². The highest BCUT2D eigenvalue weighted by Gasteiger charge is 2.05. The summed E-state index contributed by atoms with van der Waals surface area (Å²) in [5, 5.41) is 6.50. The number of guanidine groups is 1. The number of rotatable bonds is 6. The summed E-state index contributed by atoms with van der Waals surface area (Å²) in [6, 6.07) is 13.0. The van der Waals surface area contributed by atoms with Gasteiger partial charge < -0.3 is 15.4 Å². The first-order valence-electron chi connectivity index (χ1n) is 8.04. The van der Waals surface area contributed by atoms with Crippen molar-refractivity contribution in [2.24, 2.45) is 4.99 Å². The standard InChI is InChI=1S/C19H24FN3O.HI/c1-4-24-18-8-6-5-7-16(18)13-23-19(21-3)22-12-15-9-10-17(20)14(2)11-15;/h5-11H,4,12-13H2,1-3H3,(H2,21,22,23);1H. The van der Waals surface area contributed by atoms with Crippen LogP contribution in [0.25, 0.3) is 0 Å². The molecule has 25 heavy (non-hydrogen) atoms. The highest BCUT2D eigenvalue weighted by Crippen LogP contribution is 2.17. The molecule has 0 amide bonds. The van der Waals surface area contributed by atoms with Crippen molar-refractivity contribution in [1.29, 1.82) is 0 Å². The number of benzene rings is 2. The summed E-state index contributed by atoms with van der Waals surface area (Å²) in [7, 11) is 1.72. The van der Waals surface area contributed by atoms with Crippen LogP contribution in [0.1, 0.15) is 23.6 Å². The maximum atomic E-state index is 13.3. The van der Waals surface area contributed by atoms with Crippen molar-refractivity contribution < 1.29 is 9.13 Å². The number of para-hydroxylation sites is 1. The molecule has 0 saturated heterocycles. The Morgan fingerprint density at radius 2 is 1.84 bits per heavy atom. The predicted octanol–water partition coefficient (Wildman–Crippen LogP) is 4.02. The summed E-state index contributed by atoms with van der Waals surface area (Å²) < 4.78 is 18.9. The Bertz CT molecular complexity index is 707. The number of nitrogens with one attached hydrogen (secondary N) is 2. The van der Waals surface area contributed by atoms with Gasteiger partial charge in [0.1, 0.15) is 11.6 Å². The molecule has 0 fully saturated rings. The second kappa shape index (κ2) is 10.9. The third kappa shape index (κ3) is 6.53. The van der Waals surface area contributed by atoms with Crippen molar-refractivity contribution in [2.45, 2.75) is 26.9 Å². The van der Waals surface area contributed by atoms with Gasteiger partial charge in [-0.1, -0.05) is 30.3 Å². The molecule has 2 aromatic rings. The Balaban J connectivity index is 0.00000312. The van der Waals surface area contributed by atoms with Gasteiger partial charge in [-0.05, 0) is 37.1 Å². The molecule has 0 aliphatic heterocycles. The van der Waals surface area contributed by atoms with E-state index < -0.39 is 0 Å². The summed E-state index contributed by atoms with van der Waals surface area (Å²) in [6.07, 6.45) is 0. The van der Waals surface area contributed by atoms with Crippen LogP contribution in [0.4, 0.5) is 4.39 Å². The summed E-state index contributed by atoms with van der Waals surface area (Å²) in [5.74, 6) is 1.37. The number of hydrogen-bond donors (Lipinski definition) is 2. The SMILES string of the molecule is CCOc1ccccc1CNC(=NC)NCc1ccc(F)c(C)c1.I. The van der Waals surface area contributed by atoms with Gasteiger partial charge >= 0.3 is 0 Å². The maximum absolute atomic E-state index is 13.3. The van der Waals surface area contributed by atoms with E-state index in [0.717, 1.165) is 16.9 Å². The molecule has 2 N–H and O–H groups in total. The first kappa shape index (κ1) is 21.2. The zero-order chi connectivity index (χ0) is 17.4. The van der Waals surface area contributed by atoms with E-state index in [0.29, 0.717) is 31.2 Å². The van der Waals surface area contributed by atoms with Crippen LogP contribution in [0, 0.1) is 12.7 Å². The molecule has 0 heterocycles. The van der Waals surface area contributed by atoms with Crippen LogP contribution < -0.4 is 15.4 Å². The molecule has 0 spiro atoms. The monoisotopic (exact) mass is 457 g/mol. The Morgan fingerprint density at radius 1 is 1.12 bits per heavy atom. The molecule has 2 aromatic carbocycles. The van der Waals surface area contributed by atoms with Crippen molar-refractivity contribution in [1.82, 2.24) is 10.6 Å². The Labute approximate surface area is 165 Å². The molecule has 0 aliphatic carbocycles. The van der Waals surface area contributed by atoms with Gasteiger partial charge in [0.2, 0.25) is 0 Å². The molecule has 6 heteroatoms. The van der Waals surface area contributed by atoms with Crippen LogP contribution >= 0.6 is 24.0 Å². The normalized spacial score (nSPS) is 10.8. The topological polar surface area (TPSA) is 45.6 Å². The number of hydrogen-bond acceptors (Lipinski definition) is 2. The third-order valence-electron chi connectivity index (χ3n) is 3.62. The van der Waals surface area contributed by atoms with E-state index in [1.165, 1.54) is 6.07 Å². The van der Waals surface area contributed by atoms with Crippen LogP contribution in [0.15, 0.2) is 47.5 Å². The number of nitrogens with zero attached hydrogens (tertiary/aromatic N) is 1. The summed E-state index contributed by atoms with van der Waals surface area (Å²) in [5.41, 5.74) is 2.72. The minimum absolute atomic E-state index is 0. The number of aliphatic imine (C=N–C) groups is 1. The van der Waals surface area contributed by atoms with Gasteiger partial charge in [-0.25, -0.2) is 4.39 Å². The van der Waals surface area contributed by atoms with Gasteiger partial charge in [0.25, 0.3) is 0 Å². The van der Waals surface area contributed by atoms with E-state index in [1.54, 1.807) is 20.0 Å². The van der Waals surface area contributed by atoms with E-state index in [9.17, 15) is 4.39 Å². The molecule has 0 atom stereocenters. The summed E-state index contributed by atoms with van der Waals surface area (Å²) in [6.45, 7) is 5.55. The lowest BCUT2D eigenvalue weighted by molar-refractivity contribution is 0.336. The van der Waals surface area contributed by atoms with E-state index in [2.05, 4.69) is 15.6 Å². The number of ether oxygens (including phenoxy) is 1. The lowest BCUT2D eigenvalue weighted by Crippen LogP contribution is -2.36. The van der Waals surface area contributed by atoms with Gasteiger partial charge in [0.15, 0.2) is 5.96 Å². The van der Waals surface area contributed by atoms with Gasteiger partial charge in [-0.3, -0.25) is 4.99 Å². The van der Waals surface area contributed by atoms with Crippen LogP contribution in [0.2, 0.25) is 0 Å². The molecule has 136 valence electrons. The van der Waals surface area contributed by atoms with Crippen molar-refractivity contribution >= 4 is 29.9 Å². The van der Waals surface area contributed by atoms with Gasteiger partial charge in [-0.15, -0.1) is 24.0 Å². The molecule has 0 bridgehead atoms. The van der Waals surface area contributed by atoms with Gasteiger partial charge in [0.05, 0.1) is 6.61 Å². The van der Waals surface area contributed by atoms with Crippen molar-refractivity contribution in [3.8, 4) is 5.75 Å². The number of aryl methyl sites for hydroxylation is 1. The van der Waals surface area contributed by atoms with Gasteiger partial charge in [-0.2, -0.15) is 0 Å². The average molecular weight is 457 g/mol. The van der Waals surface area contributed by atoms with E-state index in [1.807, 2.05) is 37.3 Å². The van der Waals surface area contributed by atoms with Crippen molar-refractivity contribution in [2.75, 3.05) is 13.7 Å². The quantitative estimate of drug-likeness (QED) is 0.392. The van der Waals surface area contributed by atoms with E-state index in [-0.39, 0.29) is 29.8 Å². The Kier molecular flexibility index (Phi) is 9.26. The summed E-state index contributed by atoms with van der Waals surface area (Å²) in [4.78, 5) is 4.21. The van der Waals surface area contributed by atoms with E-state index >= 15 is 0 Å². The largest absolute Gasteiger partial charge is 0.494 e. The van der Waals surface area contributed by atoms with Crippen LogP contribution in [0.3, 0.4) is 0 Å². The minimum atomic E-state index is -0.186. The van der Waals surface area contributed by atoms with Crippen LogP contribution in [-0.4, -0.2) is 19.6 Å². The molecule has 0 radical (unpaired) electrons. The summed E-state index contributed by atoms with van der Waals surface area (Å²) >= 11 is 0. The average Bonchev–Trinajstić information content (AvgIpc) is 2.59. The highest BCUT2D eigenvalue weighted by molar-refractivity contribution is 14.0.